The van der Waals surface area contributed by atoms with Crippen molar-refractivity contribution in [2.45, 2.75) is 32.1 Å². The lowest BCUT2D eigenvalue weighted by molar-refractivity contribution is 0.332. The Kier molecular flexibility index (Phi) is 1.48. The van der Waals surface area contributed by atoms with Gasteiger partial charge in [0.1, 0.15) is 0 Å². The standard InChI is InChI=1S/C9H14/c1-2-5-9-7-3-6-8(9)4-1/h6-9H,1-5H2. The summed E-state index contributed by atoms with van der Waals surface area (Å²) < 4.78 is 0. The van der Waals surface area contributed by atoms with Crippen LogP contribution in [0.25, 0.3) is 0 Å². The molecular formula is C9H14. The van der Waals surface area contributed by atoms with Crippen LogP contribution in [0, 0.1) is 24.7 Å². The molecule has 0 spiro atoms. The van der Waals surface area contributed by atoms with Crippen LogP contribution in [0.15, 0.2) is 0 Å². The maximum atomic E-state index is 2.50. The van der Waals surface area contributed by atoms with Gasteiger partial charge in [0.25, 0.3) is 0 Å². The fourth-order valence-corrected chi connectivity index (χ4v) is 2.20. The van der Waals surface area contributed by atoms with E-state index >= 15 is 0 Å². The third-order valence-electron chi connectivity index (χ3n) is 2.75. The van der Waals surface area contributed by atoms with Gasteiger partial charge in [-0.1, -0.05) is 12.8 Å². The zero-order chi connectivity index (χ0) is 6.10. The van der Waals surface area contributed by atoms with Crippen molar-refractivity contribution in [2.24, 2.45) is 11.8 Å². The Morgan fingerprint density at radius 2 is 1.44 bits per heavy atom. The van der Waals surface area contributed by atoms with Crippen LogP contribution in [-0.4, -0.2) is 0 Å². The van der Waals surface area contributed by atoms with Gasteiger partial charge in [0, 0.05) is 0 Å². The van der Waals surface area contributed by atoms with E-state index in [0.717, 1.165) is 11.8 Å². The van der Waals surface area contributed by atoms with E-state index in [1.54, 1.807) is 0 Å². The minimum Gasteiger partial charge on any atom is -0.0530 e. The predicted molar refractivity (Wildman–Crippen MR) is 38.7 cm³/mol. The molecule has 9 heavy (non-hydrogen) atoms. The minimum atomic E-state index is 0.985. The highest BCUT2D eigenvalue weighted by Gasteiger charge is 2.29. The second kappa shape index (κ2) is 2.32. The molecule has 0 amide bonds. The van der Waals surface area contributed by atoms with Gasteiger partial charge in [-0.15, -0.1) is 0 Å². The Bertz CT molecular complexity index is 84.2. The molecule has 2 atom stereocenters. The highest BCUT2D eigenvalue weighted by Crippen LogP contribution is 2.40. The van der Waals surface area contributed by atoms with Crippen LogP contribution in [0.5, 0.6) is 0 Å². The van der Waals surface area contributed by atoms with Crippen LogP contribution in [0.4, 0.5) is 0 Å². The molecule has 2 fully saturated rings. The molecule has 2 aliphatic rings. The molecule has 50 valence electrons. The highest BCUT2D eigenvalue weighted by atomic mass is 14.3. The van der Waals surface area contributed by atoms with Gasteiger partial charge in [-0.2, -0.15) is 0 Å². The van der Waals surface area contributed by atoms with E-state index in [9.17, 15) is 0 Å². The van der Waals surface area contributed by atoms with Gasteiger partial charge >= 0.3 is 0 Å². The summed E-state index contributed by atoms with van der Waals surface area (Å²) in [5.74, 6) is 1.97. The van der Waals surface area contributed by atoms with Crippen LogP contribution < -0.4 is 0 Å². The SMILES string of the molecule is [CH]1C[CH]C2CCCCC12. The van der Waals surface area contributed by atoms with Crippen LogP contribution in [-0.2, 0) is 0 Å². The quantitative estimate of drug-likeness (QED) is 0.463. The van der Waals surface area contributed by atoms with Gasteiger partial charge in [0.15, 0.2) is 0 Å². The number of hydrogen-bond acceptors (Lipinski definition) is 0. The van der Waals surface area contributed by atoms with Crippen LogP contribution >= 0.6 is 0 Å². The second-order valence-corrected chi connectivity index (χ2v) is 3.32. The summed E-state index contributed by atoms with van der Waals surface area (Å²) in [5.41, 5.74) is 0. The molecule has 0 nitrogen and oxygen atoms in total. The predicted octanol–water partition coefficient (Wildman–Crippen LogP) is 2.61. The van der Waals surface area contributed by atoms with Crippen LogP contribution in [0.3, 0.4) is 0 Å². The van der Waals surface area contributed by atoms with Crippen LogP contribution in [0.2, 0.25) is 0 Å². The Morgan fingerprint density at radius 1 is 0.889 bits per heavy atom. The van der Waals surface area contributed by atoms with Crippen molar-refractivity contribution < 1.29 is 0 Å². The Morgan fingerprint density at radius 3 is 2.00 bits per heavy atom. The molecule has 0 aliphatic heterocycles. The zero-order valence-electron chi connectivity index (χ0n) is 5.84. The van der Waals surface area contributed by atoms with Gasteiger partial charge < -0.3 is 0 Å². The topological polar surface area (TPSA) is 0 Å². The average molecular weight is 122 g/mol. The number of rotatable bonds is 0. The van der Waals surface area contributed by atoms with Gasteiger partial charge in [0.05, 0.1) is 0 Å². The van der Waals surface area contributed by atoms with E-state index in [4.69, 9.17) is 0 Å². The summed E-state index contributed by atoms with van der Waals surface area (Å²) in [6, 6.07) is 0. The smallest absolute Gasteiger partial charge is 0.0349 e. The molecule has 0 N–H and O–H groups in total. The van der Waals surface area contributed by atoms with Crippen molar-refractivity contribution in [3.8, 4) is 0 Å². The first-order valence-electron chi connectivity index (χ1n) is 4.13. The summed E-state index contributed by atoms with van der Waals surface area (Å²) >= 11 is 0. The molecule has 0 saturated heterocycles. The summed E-state index contributed by atoms with van der Waals surface area (Å²) in [6.07, 6.45) is 12.2. The fraction of sp³-hybridized carbons (Fsp3) is 0.778. The van der Waals surface area contributed by atoms with Gasteiger partial charge in [0.2, 0.25) is 0 Å². The maximum absolute atomic E-state index is 2.50. The van der Waals surface area contributed by atoms with E-state index in [1.165, 1.54) is 32.1 Å². The van der Waals surface area contributed by atoms with E-state index in [-0.39, 0.29) is 0 Å². The molecule has 0 aromatic rings. The molecule has 0 bridgehead atoms. The summed E-state index contributed by atoms with van der Waals surface area (Å²) in [4.78, 5) is 0. The lowest BCUT2D eigenvalue weighted by Crippen LogP contribution is -2.13. The van der Waals surface area contributed by atoms with Crippen molar-refractivity contribution in [1.29, 1.82) is 0 Å². The first-order valence-corrected chi connectivity index (χ1v) is 4.13. The zero-order valence-corrected chi connectivity index (χ0v) is 5.84. The summed E-state index contributed by atoms with van der Waals surface area (Å²) in [7, 11) is 0. The van der Waals surface area contributed by atoms with Crippen LogP contribution in [0.1, 0.15) is 32.1 Å². The monoisotopic (exact) mass is 122 g/mol. The molecule has 0 aromatic heterocycles. The number of fused-ring (bicyclic) bond motifs is 1. The van der Waals surface area contributed by atoms with E-state index < -0.39 is 0 Å². The van der Waals surface area contributed by atoms with Crippen molar-refractivity contribution >= 4 is 0 Å². The first kappa shape index (κ1) is 5.76. The molecule has 0 heteroatoms. The molecule has 2 saturated carbocycles. The molecule has 2 aliphatic carbocycles. The van der Waals surface area contributed by atoms with E-state index in [0.29, 0.717) is 0 Å². The molecule has 0 heterocycles. The van der Waals surface area contributed by atoms with E-state index in [2.05, 4.69) is 12.8 Å². The lowest BCUT2D eigenvalue weighted by Gasteiger charge is -2.23. The Balaban J connectivity index is 1.97. The Hall–Kier alpha value is 0. The summed E-state index contributed by atoms with van der Waals surface area (Å²) in [5, 5.41) is 0. The minimum absolute atomic E-state index is 0.985. The number of hydrogen-bond donors (Lipinski definition) is 0. The fourth-order valence-electron chi connectivity index (χ4n) is 2.20. The lowest BCUT2D eigenvalue weighted by atomic mass is 9.82. The maximum Gasteiger partial charge on any atom is -0.0349 e. The van der Waals surface area contributed by atoms with Crippen molar-refractivity contribution in [2.75, 3.05) is 0 Å². The third kappa shape index (κ3) is 0.997. The first-order chi connectivity index (χ1) is 4.47. The van der Waals surface area contributed by atoms with Crippen molar-refractivity contribution in [3.05, 3.63) is 12.8 Å². The molecule has 2 unspecified atom stereocenters. The van der Waals surface area contributed by atoms with E-state index in [1.807, 2.05) is 0 Å². The van der Waals surface area contributed by atoms with Crippen molar-refractivity contribution in [3.63, 3.8) is 0 Å². The molecule has 2 rings (SSSR count). The molecule has 2 radical (unpaired) electrons. The highest BCUT2D eigenvalue weighted by molar-refractivity contribution is 5.01. The Labute approximate surface area is 57.6 Å². The van der Waals surface area contributed by atoms with Crippen molar-refractivity contribution in [1.82, 2.24) is 0 Å². The van der Waals surface area contributed by atoms with Gasteiger partial charge in [-0.25, -0.2) is 0 Å². The normalized spacial score (nSPS) is 42.7. The molecular weight excluding hydrogens is 108 g/mol. The largest absolute Gasteiger partial charge is 0.0530 e. The van der Waals surface area contributed by atoms with Gasteiger partial charge in [-0.3, -0.25) is 0 Å². The summed E-state index contributed by atoms with van der Waals surface area (Å²) in [6.45, 7) is 0. The molecule has 0 aromatic carbocycles. The third-order valence-corrected chi connectivity index (χ3v) is 2.75. The second-order valence-electron chi connectivity index (χ2n) is 3.32. The van der Waals surface area contributed by atoms with Gasteiger partial charge in [-0.05, 0) is 43.9 Å². The average Bonchev–Trinajstić information content (AvgIpc) is 2.33.